The lowest BCUT2D eigenvalue weighted by atomic mass is 9.70. The first-order chi connectivity index (χ1) is 21.1. The first-order valence-corrected chi connectivity index (χ1v) is 14.6. The van der Waals surface area contributed by atoms with Crippen LogP contribution in [0.2, 0.25) is 0 Å². The molecule has 0 saturated heterocycles. The average Bonchev–Trinajstić information content (AvgIpc) is 3.59. The molecule has 3 aliphatic carbocycles. The molecule has 0 bridgehead atoms. The van der Waals surface area contributed by atoms with Crippen LogP contribution in [0.15, 0.2) is 95.0 Å². The molecule has 2 atom stereocenters. The summed E-state index contributed by atoms with van der Waals surface area (Å²) in [5.41, 5.74) is -0.745. The highest BCUT2D eigenvalue weighted by Gasteiger charge is 2.38. The molecule has 0 N–H and O–H groups in total. The van der Waals surface area contributed by atoms with Crippen LogP contribution in [-0.2, 0) is 12.4 Å². The molecule has 10 heteroatoms. The van der Waals surface area contributed by atoms with Gasteiger partial charge in [0.15, 0.2) is 0 Å². The molecule has 0 spiro atoms. The number of nitrogens with zero attached hydrogens (tertiary/aromatic N) is 3. The number of allylic oxidation sites excluding steroid dienone is 8. The van der Waals surface area contributed by atoms with Crippen LogP contribution in [0.25, 0.3) is 34.1 Å². The Hall–Kier alpha value is -4.34. The van der Waals surface area contributed by atoms with Gasteiger partial charge < -0.3 is 4.42 Å². The van der Waals surface area contributed by atoms with Crippen molar-refractivity contribution in [3.63, 3.8) is 0 Å². The maximum absolute atomic E-state index is 14.0. The minimum absolute atomic E-state index is 0.0135. The van der Waals surface area contributed by atoms with Crippen LogP contribution in [-0.4, -0.2) is 14.5 Å². The Labute approximate surface area is 249 Å². The number of alkyl halides is 6. The van der Waals surface area contributed by atoms with Crippen molar-refractivity contribution in [1.29, 1.82) is 0 Å². The number of fused-ring (bicyclic) bond motifs is 2. The number of hydrogen-bond donors (Lipinski definition) is 0. The molecule has 2 aromatic heterocycles. The smallest absolute Gasteiger partial charge is 0.416 e. The van der Waals surface area contributed by atoms with Gasteiger partial charge in [-0.3, -0.25) is 4.57 Å². The van der Waals surface area contributed by atoms with Crippen LogP contribution < -0.4 is 0 Å². The zero-order valence-corrected chi connectivity index (χ0v) is 23.4. The Kier molecular flexibility index (Phi) is 6.90. The summed E-state index contributed by atoms with van der Waals surface area (Å²) in [5.74, 6) is 0.756. The number of hydrogen-bond acceptors (Lipinski definition) is 3. The maximum atomic E-state index is 14.0. The second-order valence-corrected chi connectivity index (χ2v) is 11.5. The van der Waals surface area contributed by atoms with Crippen molar-refractivity contribution in [3.8, 4) is 17.1 Å². The van der Waals surface area contributed by atoms with E-state index >= 15 is 0 Å². The van der Waals surface area contributed by atoms with E-state index in [2.05, 4.69) is 22.1 Å². The van der Waals surface area contributed by atoms with Crippen molar-refractivity contribution < 1.29 is 30.8 Å². The fourth-order valence-electron chi connectivity index (χ4n) is 6.59. The molecule has 7 rings (SSSR count). The van der Waals surface area contributed by atoms with E-state index in [1.165, 1.54) is 16.6 Å². The molecular weight excluding hydrogens is 580 g/mol. The predicted octanol–water partition coefficient (Wildman–Crippen LogP) is 9.98. The fraction of sp³-hybridized carbons (Fsp3) is 0.294. The van der Waals surface area contributed by atoms with Crippen molar-refractivity contribution in [3.05, 3.63) is 108 Å². The lowest BCUT2D eigenvalue weighted by Gasteiger charge is -2.35. The molecule has 4 nitrogen and oxygen atoms in total. The summed E-state index contributed by atoms with van der Waals surface area (Å²) in [7, 11) is 0. The third kappa shape index (κ3) is 5.20. The standard InChI is InChI=1S/C34H27F6N3O/c35-33(36,37)24-17-25(34(38,39)40)19-26(18-24)43-29(41-32-30(43)42-31(44-32)21-11-5-2-6-12-21)23-15-22-13-7-8-14-27(22)28(16-23)20-9-3-1-4-10-20/h2,5-8,11-20,22,27H,1,3-4,9-10H2. The van der Waals surface area contributed by atoms with Crippen LogP contribution in [0.1, 0.15) is 49.1 Å². The van der Waals surface area contributed by atoms with Gasteiger partial charge in [0.25, 0.3) is 5.71 Å². The molecule has 0 amide bonds. The van der Waals surface area contributed by atoms with Crippen LogP contribution >= 0.6 is 0 Å². The fourth-order valence-corrected chi connectivity index (χ4v) is 6.59. The van der Waals surface area contributed by atoms with Gasteiger partial charge in [-0.2, -0.15) is 36.3 Å². The number of imidazole rings is 1. The van der Waals surface area contributed by atoms with Gasteiger partial charge >= 0.3 is 12.4 Å². The SMILES string of the molecule is FC(F)(F)c1cc(-n2c(C3=CC4C=CC=CC4C(C4CCCCC4)=C3)nc3oc(-c4ccccc4)nc32)cc(C(F)(F)F)c1. The van der Waals surface area contributed by atoms with E-state index in [-0.39, 0.29) is 46.7 Å². The molecule has 1 saturated carbocycles. The zero-order valence-electron chi connectivity index (χ0n) is 23.4. The molecule has 2 heterocycles. The Bertz CT molecular complexity index is 1800. The van der Waals surface area contributed by atoms with Crippen molar-refractivity contribution >= 4 is 16.9 Å². The molecule has 4 aromatic rings. The van der Waals surface area contributed by atoms with Crippen LogP contribution in [0.4, 0.5) is 26.3 Å². The van der Waals surface area contributed by atoms with Crippen LogP contribution in [0.5, 0.6) is 0 Å². The molecule has 0 aliphatic heterocycles. The topological polar surface area (TPSA) is 43.9 Å². The van der Waals surface area contributed by atoms with E-state index in [9.17, 15) is 26.3 Å². The summed E-state index contributed by atoms with van der Waals surface area (Å²) in [4.78, 5) is 9.22. The molecular formula is C34H27F6N3O. The monoisotopic (exact) mass is 607 g/mol. The van der Waals surface area contributed by atoms with Crippen molar-refractivity contribution in [2.24, 2.45) is 17.8 Å². The summed E-state index contributed by atoms with van der Waals surface area (Å²) in [6.45, 7) is 0. The van der Waals surface area contributed by atoms with E-state index in [0.717, 1.165) is 25.7 Å². The van der Waals surface area contributed by atoms with Gasteiger partial charge in [-0.1, -0.05) is 79.5 Å². The summed E-state index contributed by atoms with van der Waals surface area (Å²) < 4.78 is 91.0. The maximum Gasteiger partial charge on any atom is 0.416 e. The quantitative estimate of drug-likeness (QED) is 0.217. The number of aromatic nitrogens is 3. The molecule has 2 unspecified atom stereocenters. The molecule has 226 valence electrons. The van der Waals surface area contributed by atoms with Crippen LogP contribution in [0.3, 0.4) is 0 Å². The van der Waals surface area contributed by atoms with Crippen LogP contribution in [0, 0.1) is 17.8 Å². The van der Waals surface area contributed by atoms with Gasteiger partial charge in [0, 0.05) is 23.0 Å². The average molecular weight is 608 g/mol. The van der Waals surface area contributed by atoms with E-state index in [4.69, 9.17) is 4.42 Å². The Morgan fingerprint density at radius 2 is 1.48 bits per heavy atom. The summed E-state index contributed by atoms with van der Waals surface area (Å²) >= 11 is 0. The molecule has 3 aliphatic rings. The van der Waals surface area contributed by atoms with Gasteiger partial charge in [0.05, 0.1) is 16.8 Å². The summed E-state index contributed by atoms with van der Waals surface area (Å²) in [6.07, 6.45) is 7.61. The first-order valence-electron chi connectivity index (χ1n) is 14.6. The Morgan fingerprint density at radius 3 is 2.16 bits per heavy atom. The minimum Gasteiger partial charge on any atom is -0.416 e. The largest absolute Gasteiger partial charge is 0.416 e. The number of benzene rings is 2. The summed E-state index contributed by atoms with van der Waals surface area (Å²) in [5, 5.41) is 0. The first kappa shape index (κ1) is 28.4. The number of oxazole rings is 1. The normalized spacial score (nSPS) is 21.0. The lowest BCUT2D eigenvalue weighted by Crippen LogP contribution is -2.24. The number of rotatable bonds is 4. The molecule has 2 aromatic carbocycles. The highest BCUT2D eigenvalue weighted by molar-refractivity contribution is 5.82. The van der Waals surface area contributed by atoms with Gasteiger partial charge in [-0.25, -0.2) is 0 Å². The summed E-state index contributed by atoms with van der Waals surface area (Å²) in [6, 6.07) is 10.4. The van der Waals surface area contributed by atoms with Gasteiger partial charge in [-0.15, -0.1) is 0 Å². The number of halogens is 6. The van der Waals surface area contributed by atoms with E-state index in [1.807, 2.05) is 24.3 Å². The molecule has 0 radical (unpaired) electrons. The minimum atomic E-state index is -5.01. The van der Waals surface area contributed by atoms with Crippen molar-refractivity contribution in [1.82, 2.24) is 14.5 Å². The highest BCUT2D eigenvalue weighted by Crippen LogP contribution is 2.45. The van der Waals surface area contributed by atoms with E-state index in [1.54, 1.807) is 30.3 Å². The van der Waals surface area contributed by atoms with Gasteiger partial charge in [-0.05, 0) is 49.1 Å². The van der Waals surface area contributed by atoms with E-state index < -0.39 is 23.5 Å². The van der Waals surface area contributed by atoms with E-state index in [0.29, 0.717) is 29.2 Å². The molecule has 44 heavy (non-hydrogen) atoms. The predicted molar refractivity (Wildman–Crippen MR) is 154 cm³/mol. The van der Waals surface area contributed by atoms with Crippen molar-refractivity contribution in [2.45, 2.75) is 44.5 Å². The molecule has 1 fully saturated rings. The lowest BCUT2D eigenvalue weighted by molar-refractivity contribution is -0.143. The third-order valence-corrected chi connectivity index (χ3v) is 8.67. The Balaban J connectivity index is 1.47. The third-order valence-electron chi connectivity index (χ3n) is 8.67. The second kappa shape index (κ2) is 10.7. The van der Waals surface area contributed by atoms with Gasteiger partial charge in [0.1, 0.15) is 5.82 Å². The second-order valence-electron chi connectivity index (χ2n) is 11.5. The zero-order chi connectivity index (χ0) is 30.6. The van der Waals surface area contributed by atoms with Crippen molar-refractivity contribution in [2.75, 3.05) is 0 Å². The Morgan fingerprint density at radius 1 is 0.795 bits per heavy atom. The highest BCUT2D eigenvalue weighted by atomic mass is 19.4. The van der Waals surface area contributed by atoms with Gasteiger partial charge in [0.2, 0.25) is 11.5 Å².